The Morgan fingerprint density at radius 1 is 0.598 bits per heavy atom. The Kier molecular flexibility index (Phi) is 24.4. The van der Waals surface area contributed by atoms with Gasteiger partial charge in [0.05, 0.1) is 65.5 Å². The Hall–Kier alpha value is -6.47. The van der Waals surface area contributed by atoms with Gasteiger partial charge in [-0.2, -0.15) is 38.2 Å². The SMILES string of the molecule is COCCOCCOCCOCCC1(C)\C(=C/C=C/C=C/C=C/C2=[N+](CCOC)c3ccc4c(S(=O)(=O)O)cc(S(=O)(=O)O)cc4c3C2(C)CCCS(=O)(=O)O)N(CCCCCC(=O)NCCN2C(=O)C=CC2=O)c2ccc3c(S(=O)(=O)[O-])cc(S(=O)(=O)O)cc3c21. The number of unbranched alkanes of at least 4 members (excludes halogenated alkanes) is 2. The first-order chi connectivity index (χ1) is 43.3. The lowest BCUT2D eigenvalue weighted by Gasteiger charge is -2.31. The highest BCUT2D eigenvalue weighted by Crippen LogP contribution is 2.54. The molecule has 3 heterocycles. The standard InChI is InChI=1S/C60H74N4O23S5/c1-59(23-13-37-88(68,69)70)52(63(28-30-83-3)49-20-18-44-46(57(49)59)38-42(89(71,72)73)40-50(44)91(77,78)79)14-9-6-5-7-10-15-53-60(2,24-29-85-33-34-87-36-35-86-32-31-84-4)58-47-39-43(90(74,75)76)41-51(92(80,81)82)45(47)17-19-48(58)62(53)26-12-8-11-16-54(65)61-25-27-64-55(66)21-22-56(64)67/h5-7,9-10,14-15,17-22,38-41H,8,11-13,16,23-37H2,1-4H3,(H5-,61,65,68,69,70,71,72,73,74,75,76,77,78,79,80,81,82). The monoisotopic (exact) mass is 1380 g/mol. The molecule has 27 nitrogen and oxygen atoms in total. The van der Waals surface area contributed by atoms with Crippen molar-refractivity contribution in [3.05, 3.63) is 120 Å². The van der Waals surface area contributed by atoms with E-state index in [1.54, 1.807) is 68.7 Å². The second-order valence-corrected chi connectivity index (χ2v) is 29.3. The second-order valence-electron chi connectivity index (χ2n) is 22.1. The molecule has 0 fully saturated rings. The Labute approximate surface area is 534 Å². The highest BCUT2D eigenvalue weighted by atomic mass is 32.2. The van der Waals surface area contributed by atoms with E-state index >= 15 is 0 Å². The predicted octanol–water partition coefficient (Wildman–Crippen LogP) is 5.33. The second kappa shape index (κ2) is 30.7. The van der Waals surface area contributed by atoms with Crippen LogP contribution in [0.25, 0.3) is 21.5 Å². The number of carbonyl (C=O) groups excluding carboxylic acids is 3. The van der Waals surface area contributed by atoms with Gasteiger partial charge in [-0.25, -0.2) is 8.42 Å². The number of rotatable bonds is 36. The first-order valence-corrected chi connectivity index (χ1v) is 36.3. The molecule has 5 N–H and O–H groups in total. The van der Waals surface area contributed by atoms with E-state index in [2.05, 4.69) is 5.32 Å². The number of carbonyl (C=O) groups is 3. The third kappa shape index (κ3) is 17.9. The lowest BCUT2D eigenvalue weighted by molar-refractivity contribution is -0.441. The van der Waals surface area contributed by atoms with Crippen LogP contribution in [0.2, 0.25) is 0 Å². The molecule has 4 aromatic carbocycles. The van der Waals surface area contributed by atoms with Gasteiger partial charge in [-0.3, -0.25) is 37.5 Å². The van der Waals surface area contributed by atoms with Gasteiger partial charge in [0.25, 0.3) is 52.3 Å². The van der Waals surface area contributed by atoms with Crippen molar-refractivity contribution < 1.29 is 107 Å². The quantitative estimate of drug-likeness (QED) is 0.0126. The molecule has 7 rings (SSSR count). The summed E-state index contributed by atoms with van der Waals surface area (Å²) in [4.78, 5) is 36.4. The minimum Gasteiger partial charge on any atom is -0.744 e. The van der Waals surface area contributed by atoms with Crippen molar-refractivity contribution in [3.63, 3.8) is 0 Å². The molecule has 32 heteroatoms. The van der Waals surface area contributed by atoms with Crippen LogP contribution in [0.1, 0.15) is 69.9 Å². The molecule has 0 spiro atoms. The Morgan fingerprint density at radius 2 is 1.16 bits per heavy atom. The number of benzene rings is 4. The number of nitrogens with zero attached hydrogens (tertiary/aromatic N) is 3. The van der Waals surface area contributed by atoms with Crippen LogP contribution in [0, 0.1) is 0 Å². The maximum absolute atomic E-state index is 12.9. The number of allylic oxidation sites excluding steroid dienone is 8. The number of anilines is 1. The van der Waals surface area contributed by atoms with Crippen molar-refractivity contribution in [2.75, 3.05) is 104 Å². The van der Waals surface area contributed by atoms with Gasteiger partial charge in [-0.05, 0) is 110 Å². The van der Waals surface area contributed by atoms with Gasteiger partial charge in [0.15, 0.2) is 12.3 Å². The number of hydrogen-bond acceptors (Lipinski definition) is 20. The fraction of sp³-hybridized carbons (Fsp3) is 0.433. The fourth-order valence-corrected chi connectivity index (χ4v) is 14.9. The maximum atomic E-state index is 12.9. The molecule has 3 aliphatic heterocycles. The molecule has 2 atom stereocenters. The van der Waals surface area contributed by atoms with Crippen molar-refractivity contribution in [1.29, 1.82) is 0 Å². The summed E-state index contributed by atoms with van der Waals surface area (Å²) in [5.41, 5.74) is 0.273. The number of nitrogens with one attached hydrogen (secondary N) is 1. The van der Waals surface area contributed by atoms with Crippen molar-refractivity contribution >= 4 is 107 Å². The summed E-state index contributed by atoms with van der Waals surface area (Å²) in [6.07, 6.45) is 15.6. The zero-order valence-corrected chi connectivity index (χ0v) is 55.0. The molecule has 0 aliphatic carbocycles. The van der Waals surface area contributed by atoms with E-state index in [-0.39, 0.29) is 112 Å². The molecule has 0 radical (unpaired) electrons. The summed E-state index contributed by atoms with van der Waals surface area (Å²) in [6.45, 7) is 5.93. The van der Waals surface area contributed by atoms with Gasteiger partial charge in [0.2, 0.25) is 11.6 Å². The van der Waals surface area contributed by atoms with Crippen molar-refractivity contribution in [2.45, 2.75) is 89.2 Å². The highest BCUT2D eigenvalue weighted by Gasteiger charge is 2.49. The van der Waals surface area contributed by atoms with Crippen LogP contribution in [0.5, 0.6) is 0 Å². The Balaban J connectivity index is 1.26. The van der Waals surface area contributed by atoms with E-state index in [1.165, 1.54) is 19.2 Å². The molecular formula is C60H74N4O23S5. The largest absolute Gasteiger partial charge is 0.744 e. The minimum atomic E-state index is -5.36. The van der Waals surface area contributed by atoms with Crippen molar-refractivity contribution in [2.24, 2.45) is 0 Å². The summed E-state index contributed by atoms with van der Waals surface area (Å²) in [6, 6.07) is 9.33. The van der Waals surface area contributed by atoms with Crippen LogP contribution in [0.4, 0.5) is 11.4 Å². The van der Waals surface area contributed by atoms with Crippen LogP contribution in [-0.4, -0.2) is 197 Å². The fourth-order valence-electron chi connectivity index (χ4n) is 11.7. The Morgan fingerprint density at radius 3 is 1.76 bits per heavy atom. The van der Waals surface area contributed by atoms with E-state index in [0.29, 0.717) is 85.1 Å². The average molecular weight is 1380 g/mol. The van der Waals surface area contributed by atoms with Gasteiger partial charge >= 0.3 is 0 Å². The summed E-state index contributed by atoms with van der Waals surface area (Å²) in [5.74, 6) is -1.94. The number of fused-ring (bicyclic) bond motifs is 6. The number of imide groups is 1. The third-order valence-corrected chi connectivity index (χ3v) is 20.2. The normalized spacial score (nSPS) is 18.6. The number of hydrogen-bond donors (Lipinski definition) is 5. The van der Waals surface area contributed by atoms with Crippen LogP contribution in [0.3, 0.4) is 0 Å². The van der Waals surface area contributed by atoms with Crippen molar-refractivity contribution in [1.82, 2.24) is 10.2 Å². The lowest BCUT2D eigenvalue weighted by Crippen LogP contribution is -2.38. The summed E-state index contributed by atoms with van der Waals surface area (Å²) < 4.78 is 209. The van der Waals surface area contributed by atoms with E-state index in [9.17, 15) is 79.2 Å². The topological polar surface area (TPSA) is 394 Å². The third-order valence-electron chi connectivity index (χ3n) is 16.0. The van der Waals surface area contributed by atoms with Crippen LogP contribution >= 0.6 is 0 Å². The molecule has 0 bridgehead atoms. The van der Waals surface area contributed by atoms with E-state index in [0.717, 1.165) is 29.2 Å². The zero-order valence-electron chi connectivity index (χ0n) is 50.9. The van der Waals surface area contributed by atoms with Gasteiger partial charge in [-0.1, -0.05) is 42.9 Å². The van der Waals surface area contributed by atoms with Crippen LogP contribution in [0.15, 0.2) is 128 Å². The Bertz CT molecular complexity index is 4240. The molecule has 2 unspecified atom stereocenters. The van der Waals surface area contributed by atoms with Crippen LogP contribution < -0.4 is 10.2 Å². The van der Waals surface area contributed by atoms with Crippen molar-refractivity contribution in [3.8, 4) is 0 Å². The van der Waals surface area contributed by atoms with E-state index in [4.69, 9.17) is 23.7 Å². The number of ether oxygens (including phenoxy) is 5. The molecule has 0 aromatic heterocycles. The molecular weight excluding hydrogens is 1300 g/mol. The maximum Gasteiger partial charge on any atom is 0.295 e. The zero-order chi connectivity index (χ0) is 67.5. The lowest BCUT2D eigenvalue weighted by atomic mass is 9.74. The molecule has 502 valence electrons. The molecule has 0 saturated heterocycles. The van der Waals surface area contributed by atoms with E-state index < -0.39 is 98.6 Å². The summed E-state index contributed by atoms with van der Waals surface area (Å²) in [5, 5.41) is 2.55. The van der Waals surface area contributed by atoms with Gasteiger partial charge in [0, 0.05) is 98.9 Å². The van der Waals surface area contributed by atoms with Gasteiger partial charge in [-0.15, -0.1) is 0 Å². The average Bonchev–Trinajstić information content (AvgIpc) is 1.53. The molecule has 0 saturated carbocycles. The summed E-state index contributed by atoms with van der Waals surface area (Å²) in [7, 11) is -22.2. The van der Waals surface area contributed by atoms with Gasteiger partial charge in [0.1, 0.15) is 21.6 Å². The molecule has 92 heavy (non-hydrogen) atoms. The smallest absolute Gasteiger partial charge is 0.295 e. The molecule has 4 aromatic rings. The predicted molar refractivity (Wildman–Crippen MR) is 336 cm³/mol. The first-order valence-electron chi connectivity index (χ1n) is 29.0. The van der Waals surface area contributed by atoms with Gasteiger partial charge < -0.3 is 38.5 Å². The number of amides is 3. The van der Waals surface area contributed by atoms with E-state index in [1.807, 2.05) is 16.4 Å². The molecule has 3 aliphatic rings. The highest BCUT2D eigenvalue weighted by molar-refractivity contribution is 7.87. The molecule has 3 amide bonds. The minimum absolute atomic E-state index is 0.00354. The summed E-state index contributed by atoms with van der Waals surface area (Å²) >= 11 is 0. The number of methoxy groups -OCH3 is 2. The first kappa shape index (κ1) is 72.9. The van der Waals surface area contributed by atoms with Crippen LogP contribution in [-0.2, 0) is 99.5 Å².